The fourth-order valence-corrected chi connectivity index (χ4v) is 7.43. The van der Waals surface area contributed by atoms with Crippen molar-refractivity contribution in [1.82, 2.24) is 0 Å². The molecule has 0 aliphatic carbocycles. The zero-order valence-corrected chi connectivity index (χ0v) is 32.3. The molecule has 0 aliphatic heterocycles. The molecule has 20 heteroatoms. The molecule has 0 aliphatic rings. The Kier molecular flexibility index (Phi) is 12.6. The second-order valence-electron chi connectivity index (χ2n) is 13.9. The van der Waals surface area contributed by atoms with Crippen LogP contribution in [0.5, 0.6) is 0 Å². The molecule has 2 aromatic heterocycles. The first-order valence-electron chi connectivity index (χ1n) is 18.3. The van der Waals surface area contributed by atoms with E-state index >= 15 is 0 Å². The average molecular weight is 887 g/mol. The van der Waals surface area contributed by atoms with E-state index < -0.39 is 45.6 Å². The van der Waals surface area contributed by atoms with E-state index in [2.05, 4.69) is 0 Å². The van der Waals surface area contributed by atoms with Gasteiger partial charge in [-0.3, -0.25) is 0 Å². The molecule has 6 aromatic carbocycles. The lowest BCUT2D eigenvalue weighted by molar-refractivity contribution is -0.636. The normalized spacial score (nSPS) is 11.4. The Hall–Kier alpha value is -8.42. The molecule has 2 N–H and O–H groups in total. The Labute approximate surface area is 354 Å². The van der Waals surface area contributed by atoms with Gasteiger partial charge in [-0.15, -0.1) is 0 Å². The van der Waals surface area contributed by atoms with Gasteiger partial charge in [0.05, 0.1) is 54.0 Å². The summed E-state index contributed by atoms with van der Waals surface area (Å²) in [6, 6.07) is 33.2. The van der Waals surface area contributed by atoms with Gasteiger partial charge in [-0.1, -0.05) is 48.5 Å². The molecule has 0 radical (unpaired) electrons. The molecule has 0 bridgehead atoms. The smallest absolute Gasteiger partial charge is 0.416 e. The number of carboxylic acid groups (broad SMARTS) is 2. The van der Waals surface area contributed by atoms with Crippen molar-refractivity contribution >= 4 is 55.6 Å². The van der Waals surface area contributed by atoms with E-state index in [0.29, 0.717) is 54.8 Å². The maximum Gasteiger partial charge on any atom is 0.416 e. The number of fused-ring (bicyclic) bond motifs is 4. The number of hydrogen-bond acceptors (Lipinski definition) is 8. The van der Waals surface area contributed by atoms with Crippen LogP contribution < -0.4 is 9.13 Å². The standard InChI is InChI=1S/C44H26F6N2O4.2NO3/c45-43(46,47)29-17-19-33-37(21-29)51(23-25-9-13-27(14-10-25)41(53)54)35-7-3-1-5-31(35)39(33)40-32-6-2-4-8-36(32)52(24-26-11-15-28(16-12-26)42(55)56)38-22-30(44(48,49)50)18-20-34(38)40;2*2-1(3)4/h1-22H,23-24H2;;/q;2*-1/p+2. The van der Waals surface area contributed by atoms with Gasteiger partial charge < -0.3 is 40.9 Å². The van der Waals surface area contributed by atoms with Crippen LogP contribution in [0.1, 0.15) is 43.0 Å². The molecule has 14 nitrogen and oxygen atoms in total. The number of carbonyl (C=O) groups is 2. The van der Waals surface area contributed by atoms with Crippen LogP contribution in [0.3, 0.4) is 0 Å². The van der Waals surface area contributed by atoms with Gasteiger partial charge in [0, 0.05) is 46.5 Å². The van der Waals surface area contributed by atoms with Crippen molar-refractivity contribution in [2.75, 3.05) is 0 Å². The van der Waals surface area contributed by atoms with Crippen LogP contribution in [0.25, 0.3) is 54.7 Å². The highest BCUT2D eigenvalue weighted by Crippen LogP contribution is 2.44. The summed E-state index contributed by atoms with van der Waals surface area (Å²) >= 11 is 0. The number of pyridine rings is 2. The highest BCUT2D eigenvalue weighted by atomic mass is 19.4. The molecule has 0 fully saturated rings. The third-order valence-corrected chi connectivity index (χ3v) is 10.0. The van der Waals surface area contributed by atoms with E-state index in [1.165, 1.54) is 36.4 Å². The third-order valence-electron chi connectivity index (χ3n) is 10.0. The number of rotatable bonds is 7. The van der Waals surface area contributed by atoms with Crippen molar-refractivity contribution < 1.29 is 65.5 Å². The van der Waals surface area contributed by atoms with Crippen LogP contribution >= 0.6 is 0 Å². The van der Waals surface area contributed by atoms with Crippen molar-refractivity contribution in [3.8, 4) is 11.1 Å². The van der Waals surface area contributed by atoms with Crippen molar-refractivity contribution in [2.24, 2.45) is 0 Å². The molecular formula is C44H28F6N4O10. The lowest BCUT2D eigenvalue weighted by Crippen LogP contribution is -2.37. The zero-order chi connectivity index (χ0) is 46.7. The summed E-state index contributed by atoms with van der Waals surface area (Å²) in [5, 5.41) is 50.4. The van der Waals surface area contributed by atoms with Crippen molar-refractivity contribution in [1.29, 1.82) is 0 Å². The fourth-order valence-electron chi connectivity index (χ4n) is 7.43. The summed E-state index contributed by atoms with van der Waals surface area (Å²) in [5.41, 5.74) is 2.08. The number of aromatic nitrogens is 2. The van der Waals surface area contributed by atoms with Crippen LogP contribution in [-0.2, 0) is 25.4 Å². The van der Waals surface area contributed by atoms with Gasteiger partial charge >= 0.3 is 24.3 Å². The third kappa shape index (κ3) is 9.70. The Morgan fingerprint density at radius 3 is 1.06 bits per heavy atom. The van der Waals surface area contributed by atoms with Gasteiger partial charge in [-0.2, -0.15) is 35.5 Å². The summed E-state index contributed by atoms with van der Waals surface area (Å²) in [4.78, 5) is 39.6. The van der Waals surface area contributed by atoms with Crippen molar-refractivity contribution in [3.05, 3.63) is 197 Å². The van der Waals surface area contributed by atoms with Crippen LogP contribution in [-0.4, -0.2) is 32.3 Å². The summed E-state index contributed by atoms with van der Waals surface area (Å²) < 4.78 is 89.7. The predicted molar refractivity (Wildman–Crippen MR) is 218 cm³/mol. The minimum atomic E-state index is -4.70. The first-order chi connectivity index (χ1) is 30.1. The number of halogens is 6. The Bertz CT molecular complexity index is 2910. The van der Waals surface area contributed by atoms with Gasteiger partial charge in [-0.25, -0.2) is 9.59 Å². The summed E-state index contributed by atoms with van der Waals surface area (Å²) in [7, 11) is 0. The lowest BCUT2D eigenvalue weighted by Gasteiger charge is -2.18. The lowest BCUT2D eigenvalue weighted by atomic mass is 9.89. The maximum absolute atomic E-state index is 14.4. The van der Waals surface area contributed by atoms with Gasteiger partial charge in [-0.05, 0) is 60.7 Å². The molecule has 0 atom stereocenters. The molecule has 326 valence electrons. The molecule has 0 unspecified atom stereocenters. The highest BCUT2D eigenvalue weighted by molar-refractivity contribution is 6.18. The number of aromatic carboxylic acids is 2. The Morgan fingerprint density at radius 1 is 0.469 bits per heavy atom. The van der Waals surface area contributed by atoms with E-state index in [-0.39, 0.29) is 35.2 Å². The summed E-state index contributed by atoms with van der Waals surface area (Å²) in [5.74, 6) is -2.25. The van der Waals surface area contributed by atoms with Crippen LogP contribution in [0.15, 0.2) is 133 Å². The molecule has 0 spiro atoms. The molecule has 8 rings (SSSR count). The SMILES string of the molecule is O=C(O)c1ccc(C[n+]2c3ccccc3c(-c3c4ccccc4[n+](Cc4ccc(C(=O)O)cc4)c4cc(C(F)(F)F)ccc34)c3ccc(C(F)(F)F)cc32)cc1.O=[N+]([O-])[O-].O=[N+]([O-])[O-]. The second-order valence-corrected chi connectivity index (χ2v) is 13.9. The number of nitrogens with zero attached hydrogens (tertiary/aromatic N) is 4. The molecule has 0 amide bonds. The van der Waals surface area contributed by atoms with Crippen molar-refractivity contribution in [3.63, 3.8) is 0 Å². The van der Waals surface area contributed by atoms with E-state index in [1.807, 2.05) is 12.1 Å². The minimum Gasteiger partial charge on any atom is -0.478 e. The van der Waals surface area contributed by atoms with Crippen LogP contribution in [0.2, 0.25) is 0 Å². The average Bonchev–Trinajstić information content (AvgIpc) is 3.23. The van der Waals surface area contributed by atoms with E-state index in [0.717, 1.165) is 24.3 Å². The van der Waals surface area contributed by atoms with Gasteiger partial charge in [0.2, 0.25) is 22.1 Å². The molecule has 2 heterocycles. The fraction of sp³-hybridized carbons (Fsp3) is 0.0909. The van der Waals surface area contributed by atoms with Gasteiger partial charge in [0.15, 0.2) is 13.1 Å². The number of benzene rings is 6. The van der Waals surface area contributed by atoms with Crippen LogP contribution in [0, 0.1) is 30.6 Å². The van der Waals surface area contributed by atoms with E-state index in [4.69, 9.17) is 30.6 Å². The number of hydrogen-bond donors (Lipinski definition) is 2. The Morgan fingerprint density at radius 2 is 0.766 bits per heavy atom. The molecule has 64 heavy (non-hydrogen) atoms. The van der Waals surface area contributed by atoms with Gasteiger partial charge in [0.1, 0.15) is 0 Å². The molecule has 8 aromatic rings. The first kappa shape index (κ1) is 45.1. The second kappa shape index (κ2) is 17.9. The number of alkyl halides is 6. The topological polar surface area (TPSA) is 215 Å². The minimum absolute atomic E-state index is 0.0502. The Balaban J connectivity index is 0.000000786. The quantitative estimate of drug-likeness (QED) is 0.0508. The zero-order valence-electron chi connectivity index (χ0n) is 32.3. The molecule has 0 saturated carbocycles. The van der Waals surface area contributed by atoms with E-state index in [9.17, 15) is 46.1 Å². The number of para-hydroxylation sites is 2. The van der Waals surface area contributed by atoms with E-state index in [1.54, 1.807) is 69.8 Å². The summed E-state index contributed by atoms with van der Waals surface area (Å²) in [6.07, 6.45) is -9.40. The summed E-state index contributed by atoms with van der Waals surface area (Å²) in [6.45, 7) is 0.148. The maximum atomic E-state index is 14.4. The largest absolute Gasteiger partial charge is 0.478 e. The predicted octanol–water partition coefficient (Wildman–Crippen LogP) is 9.59. The number of carboxylic acids is 2. The molecule has 0 saturated heterocycles. The van der Waals surface area contributed by atoms with Crippen LogP contribution in [0.4, 0.5) is 26.3 Å². The van der Waals surface area contributed by atoms with Crippen molar-refractivity contribution in [2.45, 2.75) is 25.4 Å². The monoisotopic (exact) mass is 886 g/mol. The first-order valence-corrected chi connectivity index (χ1v) is 18.3. The highest BCUT2D eigenvalue weighted by Gasteiger charge is 2.36. The van der Waals surface area contributed by atoms with Gasteiger partial charge in [0.25, 0.3) is 0 Å². The molecular weight excluding hydrogens is 858 g/mol.